The number of carbonyl (C=O) groups excluding carboxylic acids is 1. The van der Waals surface area contributed by atoms with Crippen molar-refractivity contribution in [2.45, 2.75) is 37.1 Å². The third kappa shape index (κ3) is 3.25. The second-order valence-electron chi connectivity index (χ2n) is 5.99. The Hall–Kier alpha value is -2.05. The summed E-state index contributed by atoms with van der Waals surface area (Å²) in [6, 6.07) is 9.73. The molecular formula is C18H20N2O3S. The largest absolute Gasteiger partial charge is 0.295 e. The van der Waals surface area contributed by atoms with Gasteiger partial charge in [0.25, 0.3) is 0 Å². The van der Waals surface area contributed by atoms with Crippen molar-refractivity contribution < 1.29 is 13.2 Å². The molecule has 0 N–H and O–H groups in total. The van der Waals surface area contributed by atoms with Gasteiger partial charge in [-0.3, -0.25) is 9.78 Å². The molecule has 3 rings (SSSR count). The number of carbonyl (C=O) groups is 1. The van der Waals surface area contributed by atoms with Gasteiger partial charge in [-0.1, -0.05) is 24.6 Å². The smallest absolute Gasteiger partial charge is 0.243 e. The Kier molecular flexibility index (Phi) is 4.78. The zero-order chi connectivity index (χ0) is 17.2. The molecule has 1 saturated heterocycles. The van der Waals surface area contributed by atoms with Crippen LogP contribution in [0.15, 0.2) is 53.7 Å². The van der Waals surface area contributed by atoms with E-state index in [2.05, 4.69) is 4.98 Å². The molecule has 0 radical (unpaired) electrons. The molecule has 0 spiro atoms. The first-order valence-corrected chi connectivity index (χ1v) is 9.47. The lowest BCUT2D eigenvalue weighted by Gasteiger charge is -2.34. The third-order valence-electron chi connectivity index (χ3n) is 4.39. The van der Waals surface area contributed by atoms with Gasteiger partial charge in [0.1, 0.15) is 0 Å². The predicted octanol–water partition coefficient (Wildman–Crippen LogP) is 3.20. The molecule has 24 heavy (non-hydrogen) atoms. The lowest BCUT2D eigenvalue weighted by molar-refractivity contribution is 0.101. The fourth-order valence-corrected chi connectivity index (χ4v) is 4.78. The van der Waals surface area contributed by atoms with E-state index in [4.69, 9.17) is 0 Å². The second-order valence-corrected chi connectivity index (χ2v) is 7.88. The third-order valence-corrected chi connectivity index (χ3v) is 6.31. The van der Waals surface area contributed by atoms with Crippen molar-refractivity contribution in [1.82, 2.24) is 9.29 Å². The minimum absolute atomic E-state index is 0.0786. The van der Waals surface area contributed by atoms with E-state index < -0.39 is 10.0 Å². The zero-order valence-corrected chi connectivity index (χ0v) is 14.4. The molecule has 1 aliphatic rings. The van der Waals surface area contributed by atoms with Crippen LogP contribution >= 0.6 is 0 Å². The molecule has 1 atom stereocenters. The molecule has 0 saturated carbocycles. The van der Waals surface area contributed by atoms with E-state index in [9.17, 15) is 13.2 Å². The van der Waals surface area contributed by atoms with Crippen molar-refractivity contribution in [2.24, 2.45) is 0 Å². The van der Waals surface area contributed by atoms with Crippen LogP contribution in [0.25, 0.3) is 0 Å². The van der Waals surface area contributed by atoms with Crippen LogP contribution in [-0.4, -0.2) is 30.0 Å². The molecule has 1 aromatic heterocycles. The molecule has 0 bridgehead atoms. The van der Waals surface area contributed by atoms with Gasteiger partial charge in [-0.25, -0.2) is 8.42 Å². The first-order valence-electron chi connectivity index (χ1n) is 8.03. The normalized spacial score (nSPS) is 19.1. The van der Waals surface area contributed by atoms with Gasteiger partial charge < -0.3 is 0 Å². The van der Waals surface area contributed by atoms with Crippen LogP contribution in [0.3, 0.4) is 0 Å². The van der Waals surface area contributed by atoms with Crippen LogP contribution in [0.2, 0.25) is 0 Å². The van der Waals surface area contributed by atoms with Gasteiger partial charge in [-0.2, -0.15) is 4.31 Å². The van der Waals surface area contributed by atoms with Gasteiger partial charge in [0, 0.05) is 24.5 Å². The molecule has 126 valence electrons. The van der Waals surface area contributed by atoms with Gasteiger partial charge >= 0.3 is 0 Å². The number of ketones is 1. The number of Topliss-reactive ketones (excluding diaryl/α,β-unsaturated/α-hetero) is 1. The number of nitrogens with zero attached hydrogens (tertiary/aromatic N) is 2. The van der Waals surface area contributed by atoms with Gasteiger partial charge in [0.05, 0.1) is 10.9 Å². The average molecular weight is 344 g/mol. The lowest BCUT2D eigenvalue weighted by Crippen LogP contribution is -2.38. The van der Waals surface area contributed by atoms with Gasteiger partial charge in [0.15, 0.2) is 5.78 Å². The summed E-state index contributed by atoms with van der Waals surface area (Å²) in [4.78, 5) is 15.7. The Morgan fingerprint density at radius 3 is 2.54 bits per heavy atom. The summed E-state index contributed by atoms with van der Waals surface area (Å²) in [6.07, 6.45) is 6.05. The standard InChI is InChI=1S/C18H20N2O3S/c1-14(21)15-7-9-17(10-8-15)24(22,23)20-12-3-2-6-18(20)16-5-4-11-19-13-16/h4-5,7-11,13,18H,2-3,6,12H2,1H3. The van der Waals surface area contributed by atoms with E-state index >= 15 is 0 Å². The predicted molar refractivity (Wildman–Crippen MR) is 91.2 cm³/mol. The summed E-state index contributed by atoms with van der Waals surface area (Å²) >= 11 is 0. The van der Waals surface area contributed by atoms with E-state index in [1.807, 2.05) is 12.1 Å². The summed E-state index contributed by atoms with van der Waals surface area (Å²) < 4.78 is 27.7. The summed E-state index contributed by atoms with van der Waals surface area (Å²) in [5.41, 5.74) is 1.43. The fourth-order valence-electron chi connectivity index (χ4n) is 3.10. The molecule has 1 unspecified atom stereocenters. The Morgan fingerprint density at radius 2 is 1.92 bits per heavy atom. The SMILES string of the molecule is CC(=O)c1ccc(S(=O)(=O)N2CCCCC2c2cccnc2)cc1. The fraction of sp³-hybridized carbons (Fsp3) is 0.333. The summed E-state index contributed by atoms with van der Waals surface area (Å²) in [7, 11) is -3.61. The topological polar surface area (TPSA) is 67.3 Å². The molecule has 1 aromatic carbocycles. The number of hydrogen-bond donors (Lipinski definition) is 0. The maximum absolute atomic E-state index is 13.1. The maximum atomic E-state index is 13.1. The summed E-state index contributed by atoms with van der Waals surface area (Å²) in [5, 5.41) is 0. The van der Waals surface area contributed by atoms with Crippen LogP contribution in [0, 0.1) is 0 Å². The molecule has 2 aromatic rings. The van der Waals surface area contributed by atoms with Crippen molar-refractivity contribution in [1.29, 1.82) is 0 Å². The first-order chi connectivity index (χ1) is 11.5. The van der Waals surface area contributed by atoms with Gasteiger partial charge in [-0.05, 0) is 43.5 Å². The highest BCUT2D eigenvalue weighted by Gasteiger charge is 2.34. The molecule has 1 aliphatic heterocycles. The molecule has 1 fully saturated rings. The number of aromatic nitrogens is 1. The summed E-state index contributed by atoms with van der Waals surface area (Å²) in [5.74, 6) is -0.0786. The van der Waals surface area contributed by atoms with Crippen LogP contribution in [0.1, 0.15) is 48.1 Å². The minimum atomic E-state index is -3.61. The number of pyridine rings is 1. The second kappa shape index (κ2) is 6.83. The number of rotatable bonds is 4. The molecular weight excluding hydrogens is 324 g/mol. The Morgan fingerprint density at radius 1 is 1.17 bits per heavy atom. The van der Waals surface area contributed by atoms with Crippen molar-refractivity contribution >= 4 is 15.8 Å². The zero-order valence-electron chi connectivity index (χ0n) is 13.6. The number of piperidine rings is 1. The number of benzene rings is 1. The highest BCUT2D eigenvalue weighted by atomic mass is 32.2. The van der Waals surface area contributed by atoms with Crippen molar-refractivity contribution in [2.75, 3.05) is 6.54 Å². The lowest BCUT2D eigenvalue weighted by atomic mass is 9.99. The Bertz CT molecular complexity index is 817. The number of hydrogen-bond acceptors (Lipinski definition) is 4. The monoisotopic (exact) mass is 344 g/mol. The van der Waals surface area contributed by atoms with Gasteiger partial charge in [-0.15, -0.1) is 0 Å². The van der Waals surface area contributed by atoms with Crippen LogP contribution in [-0.2, 0) is 10.0 Å². The van der Waals surface area contributed by atoms with Crippen LogP contribution < -0.4 is 0 Å². The van der Waals surface area contributed by atoms with Crippen molar-refractivity contribution in [3.05, 3.63) is 59.9 Å². The quantitative estimate of drug-likeness (QED) is 0.799. The Balaban J connectivity index is 1.95. The molecule has 0 aliphatic carbocycles. The minimum Gasteiger partial charge on any atom is -0.295 e. The molecule has 0 amide bonds. The number of sulfonamides is 1. The van der Waals surface area contributed by atoms with Crippen LogP contribution in [0.5, 0.6) is 0 Å². The van der Waals surface area contributed by atoms with Crippen molar-refractivity contribution in [3.63, 3.8) is 0 Å². The molecule has 2 heterocycles. The highest BCUT2D eigenvalue weighted by Crippen LogP contribution is 2.35. The maximum Gasteiger partial charge on any atom is 0.243 e. The summed E-state index contributed by atoms with van der Waals surface area (Å²) in [6.45, 7) is 1.96. The van der Waals surface area contributed by atoms with Crippen LogP contribution in [0.4, 0.5) is 0 Å². The van der Waals surface area contributed by atoms with E-state index in [1.54, 1.807) is 28.8 Å². The van der Waals surface area contributed by atoms with E-state index in [1.165, 1.54) is 19.1 Å². The van der Waals surface area contributed by atoms with E-state index in [0.717, 1.165) is 24.8 Å². The molecule has 5 nitrogen and oxygen atoms in total. The highest BCUT2D eigenvalue weighted by molar-refractivity contribution is 7.89. The first kappa shape index (κ1) is 16.8. The van der Waals surface area contributed by atoms with Crippen molar-refractivity contribution in [3.8, 4) is 0 Å². The molecule has 6 heteroatoms. The van der Waals surface area contributed by atoms with Gasteiger partial charge in [0.2, 0.25) is 10.0 Å². The Labute approximate surface area is 142 Å². The van der Waals surface area contributed by atoms with E-state index in [0.29, 0.717) is 12.1 Å². The average Bonchev–Trinajstić information content (AvgIpc) is 2.62. The van der Waals surface area contributed by atoms with E-state index in [-0.39, 0.29) is 16.7 Å².